The number of benzene rings is 1. The Labute approximate surface area is 111 Å². The summed E-state index contributed by atoms with van der Waals surface area (Å²) >= 11 is 1.66. The van der Waals surface area contributed by atoms with Crippen LogP contribution in [0.4, 0.5) is 0 Å². The first kappa shape index (κ1) is 12.8. The highest BCUT2D eigenvalue weighted by molar-refractivity contribution is 7.09. The zero-order valence-corrected chi connectivity index (χ0v) is 11.4. The fourth-order valence-electron chi connectivity index (χ4n) is 1.72. The molecule has 0 spiro atoms. The first-order valence-corrected chi connectivity index (χ1v) is 6.79. The van der Waals surface area contributed by atoms with Gasteiger partial charge in [-0.3, -0.25) is 4.79 Å². The fourth-order valence-corrected chi connectivity index (χ4v) is 2.34. The summed E-state index contributed by atoms with van der Waals surface area (Å²) in [6.07, 6.45) is 0.857. The summed E-state index contributed by atoms with van der Waals surface area (Å²) in [6.45, 7) is 4.23. The van der Waals surface area contributed by atoms with Crippen LogP contribution in [0.2, 0.25) is 0 Å². The highest BCUT2D eigenvalue weighted by Gasteiger charge is 2.02. The van der Waals surface area contributed by atoms with Crippen LogP contribution in [0.15, 0.2) is 29.6 Å². The lowest BCUT2D eigenvalue weighted by atomic mass is 10.1. The Morgan fingerprint density at radius 2 is 2.06 bits per heavy atom. The Balaban J connectivity index is 1.99. The second kappa shape index (κ2) is 5.78. The molecule has 2 aromatic rings. The van der Waals surface area contributed by atoms with Crippen molar-refractivity contribution in [2.24, 2.45) is 0 Å². The van der Waals surface area contributed by atoms with Crippen molar-refractivity contribution < 1.29 is 4.79 Å². The molecule has 18 heavy (non-hydrogen) atoms. The summed E-state index contributed by atoms with van der Waals surface area (Å²) in [6, 6.07) is 8.34. The summed E-state index contributed by atoms with van der Waals surface area (Å²) in [5.74, 6) is 0.0181. The molecule has 2 rings (SSSR count). The molecule has 0 fully saturated rings. The molecule has 0 atom stereocenters. The highest BCUT2D eigenvalue weighted by Crippen LogP contribution is 2.21. The maximum Gasteiger partial charge on any atom is 0.216 e. The van der Waals surface area contributed by atoms with Gasteiger partial charge >= 0.3 is 0 Å². The van der Waals surface area contributed by atoms with Crippen molar-refractivity contribution in [3.63, 3.8) is 0 Å². The number of hydrogen-bond acceptors (Lipinski definition) is 3. The average Bonchev–Trinajstić information content (AvgIpc) is 2.76. The topological polar surface area (TPSA) is 42.0 Å². The van der Waals surface area contributed by atoms with Crippen molar-refractivity contribution >= 4 is 17.2 Å². The average molecular weight is 260 g/mol. The number of carbonyl (C=O) groups excluding carboxylic acids is 1. The van der Waals surface area contributed by atoms with Crippen molar-refractivity contribution in [3.05, 3.63) is 40.2 Å². The van der Waals surface area contributed by atoms with Gasteiger partial charge in [0.15, 0.2) is 0 Å². The summed E-state index contributed by atoms with van der Waals surface area (Å²) in [5.41, 5.74) is 3.40. The van der Waals surface area contributed by atoms with Crippen LogP contribution in [0.25, 0.3) is 11.3 Å². The lowest BCUT2D eigenvalue weighted by molar-refractivity contribution is -0.118. The number of rotatable bonds is 4. The van der Waals surface area contributed by atoms with Gasteiger partial charge < -0.3 is 5.32 Å². The molecular weight excluding hydrogens is 244 g/mol. The van der Waals surface area contributed by atoms with Crippen LogP contribution in [0, 0.1) is 6.92 Å². The van der Waals surface area contributed by atoms with E-state index in [1.54, 1.807) is 11.3 Å². The maximum absolute atomic E-state index is 10.8. The molecule has 0 saturated heterocycles. The van der Waals surface area contributed by atoms with Gasteiger partial charge in [0.1, 0.15) is 0 Å². The van der Waals surface area contributed by atoms with E-state index in [9.17, 15) is 4.79 Å². The van der Waals surface area contributed by atoms with Crippen molar-refractivity contribution in [1.29, 1.82) is 0 Å². The van der Waals surface area contributed by atoms with E-state index >= 15 is 0 Å². The summed E-state index contributed by atoms with van der Waals surface area (Å²) in [5, 5.41) is 5.95. The highest BCUT2D eigenvalue weighted by atomic mass is 32.1. The van der Waals surface area contributed by atoms with Crippen molar-refractivity contribution in [2.45, 2.75) is 20.3 Å². The molecule has 1 aromatic heterocycles. The third kappa shape index (κ3) is 3.40. The van der Waals surface area contributed by atoms with Gasteiger partial charge in [-0.1, -0.05) is 24.3 Å². The van der Waals surface area contributed by atoms with Crippen LogP contribution in [0.5, 0.6) is 0 Å². The van der Waals surface area contributed by atoms with Crippen molar-refractivity contribution in [2.75, 3.05) is 6.54 Å². The molecule has 4 heteroatoms. The van der Waals surface area contributed by atoms with Crippen LogP contribution in [0.3, 0.4) is 0 Å². The van der Waals surface area contributed by atoms with Gasteiger partial charge in [0, 0.05) is 24.4 Å². The van der Waals surface area contributed by atoms with Gasteiger partial charge in [-0.15, -0.1) is 11.3 Å². The molecule has 0 aliphatic carbocycles. The normalized spacial score (nSPS) is 10.3. The Bertz CT molecular complexity index is 531. The monoisotopic (exact) mass is 260 g/mol. The molecule has 0 radical (unpaired) electrons. The number of amides is 1. The number of aryl methyl sites for hydroxylation is 1. The van der Waals surface area contributed by atoms with E-state index in [-0.39, 0.29) is 5.91 Å². The number of thiazole rings is 1. The van der Waals surface area contributed by atoms with E-state index in [2.05, 4.69) is 39.9 Å². The molecule has 1 amide bonds. The second-order valence-corrected chi connectivity index (χ2v) is 5.24. The first-order chi connectivity index (χ1) is 8.65. The smallest absolute Gasteiger partial charge is 0.216 e. The van der Waals surface area contributed by atoms with E-state index in [1.807, 2.05) is 6.92 Å². The van der Waals surface area contributed by atoms with Crippen LogP contribution in [-0.2, 0) is 11.2 Å². The number of nitrogens with zero attached hydrogens (tertiary/aromatic N) is 1. The number of aromatic nitrogens is 1. The van der Waals surface area contributed by atoms with Crippen molar-refractivity contribution in [3.8, 4) is 11.3 Å². The van der Waals surface area contributed by atoms with Crippen LogP contribution in [0.1, 0.15) is 17.5 Å². The number of hydrogen-bond donors (Lipinski definition) is 1. The SMILES string of the molecule is CC(=O)NCCc1ccc(-c2csc(C)n2)cc1. The standard InChI is InChI=1S/C14H16N2OS/c1-10(17)15-8-7-12-3-5-13(6-4-12)14-9-18-11(2)16-14/h3-6,9H,7-8H2,1-2H3,(H,15,17). The Kier molecular flexibility index (Phi) is 4.10. The maximum atomic E-state index is 10.8. The minimum Gasteiger partial charge on any atom is -0.356 e. The van der Waals surface area contributed by atoms with E-state index in [4.69, 9.17) is 0 Å². The van der Waals surface area contributed by atoms with Gasteiger partial charge in [0.2, 0.25) is 5.91 Å². The van der Waals surface area contributed by atoms with Gasteiger partial charge in [-0.05, 0) is 18.9 Å². The van der Waals surface area contributed by atoms with E-state index < -0.39 is 0 Å². The van der Waals surface area contributed by atoms with Crippen LogP contribution >= 0.6 is 11.3 Å². The summed E-state index contributed by atoms with van der Waals surface area (Å²) in [7, 11) is 0. The van der Waals surface area contributed by atoms with E-state index in [0.29, 0.717) is 6.54 Å². The van der Waals surface area contributed by atoms with E-state index in [1.165, 1.54) is 12.5 Å². The molecule has 0 aliphatic rings. The predicted octanol–water partition coefficient (Wildman–Crippen LogP) is 2.80. The molecule has 0 bridgehead atoms. The first-order valence-electron chi connectivity index (χ1n) is 5.91. The molecule has 3 nitrogen and oxygen atoms in total. The van der Waals surface area contributed by atoms with Crippen LogP contribution in [-0.4, -0.2) is 17.4 Å². The summed E-state index contributed by atoms with van der Waals surface area (Å²) < 4.78 is 0. The molecule has 0 aliphatic heterocycles. The van der Waals surface area contributed by atoms with Gasteiger partial charge in [0.25, 0.3) is 0 Å². The third-order valence-electron chi connectivity index (χ3n) is 2.66. The quantitative estimate of drug-likeness (QED) is 0.918. The fraction of sp³-hybridized carbons (Fsp3) is 0.286. The van der Waals surface area contributed by atoms with Gasteiger partial charge in [-0.2, -0.15) is 0 Å². The van der Waals surface area contributed by atoms with Crippen LogP contribution < -0.4 is 5.32 Å². The molecule has 0 saturated carbocycles. The molecule has 0 unspecified atom stereocenters. The Hall–Kier alpha value is -1.68. The lowest BCUT2D eigenvalue weighted by Gasteiger charge is -2.03. The number of nitrogens with one attached hydrogen (secondary N) is 1. The molecule has 1 heterocycles. The molecule has 1 aromatic carbocycles. The van der Waals surface area contributed by atoms with Crippen molar-refractivity contribution in [1.82, 2.24) is 10.3 Å². The Morgan fingerprint density at radius 1 is 1.33 bits per heavy atom. The second-order valence-electron chi connectivity index (χ2n) is 4.18. The largest absolute Gasteiger partial charge is 0.356 e. The zero-order valence-electron chi connectivity index (χ0n) is 10.6. The van der Waals surface area contributed by atoms with Gasteiger partial charge in [-0.25, -0.2) is 4.98 Å². The minimum absolute atomic E-state index is 0.0181. The molecular formula is C14H16N2OS. The molecule has 94 valence electrons. The molecule has 1 N–H and O–H groups in total. The number of carbonyl (C=O) groups is 1. The summed E-state index contributed by atoms with van der Waals surface area (Å²) in [4.78, 5) is 15.2. The minimum atomic E-state index is 0.0181. The zero-order chi connectivity index (χ0) is 13.0. The predicted molar refractivity (Wildman–Crippen MR) is 74.7 cm³/mol. The lowest BCUT2D eigenvalue weighted by Crippen LogP contribution is -2.22. The van der Waals surface area contributed by atoms with E-state index in [0.717, 1.165) is 22.7 Å². The Morgan fingerprint density at radius 3 is 2.61 bits per heavy atom. The third-order valence-corrected chi connectivity index (χ3v) is 3.43. The van der Waals surface area contributed by atoms with Gasteiger partial charge in [0.05, 0.1) is 10.7 Å².